The summed E-state index contributed by atoms with van der Waals surface area (Å²) in [6.07, 6.45) is 0.253. The van der Waals surface area contributed by atoms with Crippen molar-refractivity contribution in [3.8, 4) is 5.75 Å². The van der Waals surface area contributed by atoms with E-state index in [-0.39, 0.29) is 36.8 Å². The number of fused-ring (bicyclic) bond motifs is 2. The molecule has 6 fully saturated rings. The molecule has 42 heavy (non-hydrogen) atoms. The average Bonchev–Trinajstić information content (AvgIpc) is 3.35. The van der Waals surface area contributed by atoms with E-state index in [1.807, 2.05) is 0 Å². The number of ether oxygens (including phenoxy) is 5. The van der Waals surface area contributed by atoms with Gasteiger partial charge in [-0.1, -0.05) is 6.92 Å². The lowest BCUT2D eigenvalue weighted by atomic mass is 9.41. The van der Waals surface area contributed by atoms with Gasteiger partial charge >= 0.3 is 5.97 Å². The van der Waals surface area contributed by atoms with Crippen molar-refractivity contribution in [3.05, 3.63) is 29.8 Å². The summed E-state index contributed by atoms with van der Waals surface area (Å²) in [5.74, 6) is -1.28. The molecule has 0 aromatic heterocycles. The summed E-state index contributed by atoms with van der Waals surface area (Å²) in [5.41, 5.74) is -5.10. The molecular formula is C32H45NO9. The van der Waals surface area contributed by atoms with Crippen LogP contribution in [0.25, 0.3) is 0 Å². The summed E-state index contributed by atoms with van der Waals surface area (Å²) in [6, 6.07) is 6.49. The molecule has 0 radical (unpaired) electrons. The highest BCUT2D eigenvalue weighted by Crippen LogP contribution is 2.81. The maximum atomic E-state index is 13.6. The van der Waals surface area contributed by atoms with Crippen LogP contribution in [0.5, 0.6) is 5.75 Å². The standard InChI is InChI=1S/C32H45NO9/c1-6-33-16-28(17-38-2)12-11-22(40-4)32-20-13-30(36)23(41-5)15-29(35,21(25(32)33)14-31(28,32)37)24(20)26(30)42-27(34)18-7-9-19(39-3)10-8-18/h7-10,20-26,35-37H,6,11-17H2,1-5H3/t20-,21+,22+,23+,24-,25-,26-,28+,29+,30-,31+,32-/m1/s1. The van der Waals surface area contributed by atoms with Gasteiger partial charge in [-0.3, -0.25) is 4.90 Å². The molecule has 1 aliphatic heterocycles. The largest absolute Gasteiger partial charge is 0.497 e. The van der Waals surface area contributed by atoms with Gasteiger partial charge < -0.3 is 39.0 Å². The predicted octanol–water partition coefficient (Wildman–Crippen LogP) is 1.63. The molecule has 1 spiro atoms. The first-order valence-corrected chi connectivity index (χ1v) is 15.4. The van der Waals surface area contributed by atoms with Crippen LogP contribution in [-0.2, 0) is 18.9 Å². The highest BCUT2D eigenvalue weighted by molar-refractivity contribution is 5.89. The first-order valence-electron chi connectivity index (χ1n) is 15.4. The van der Waals surface area contributed by atoms with Gasteiger partial charge in [-0.15, -0.1) is 0 Å². The molecule has 7 bridgehead atoms. The van der Waals surface area contributed by atoms with E-state index in [2.05, 4.69) is 11.8 Å². The van der Waals surface area contributed by atoms with Crippen LogP contribution in [0.3, 0.4) is 0 Å². The number of piperidine rings is 1. The number of likely N-dealkylation sites (tertiary alicyclic amines) is 1. The minimum absolute atomic E-state index is 0.162. The Hall–Kier alpha value is -1.79. The number of methoxy groups -OCH3 is 4. The number of carbonyl (C=O) groups excluding carboxylic acids is 1. The zero-order chi connectivity index (χ0) is 29.9. The number of hydrogen-bond acceptors (Lipinski definition) is 10. The normalized spacial score (nSPS) is 50.0. The molecule has 232 valence electrons. The summed E-state index contributed by atoms with van der Waals surface area (Å²) in [4.78, 5) is 16.0. The zero-order valence-corrected chi connectivity index (χ0v) is 25.2. The topological polar surface area (TPSA) is 127 Å². The lowest BCUT2D eigenvalue weighted by Gasteiger charge is -2.71. The van der Waals surface area contributed by atoms with Crippen molar-refractivity contribution in [2.45, 2.75) is 80.2 Å². The van der Waals surface area contributed by atoms with Crippen LogP contribution < -0.4 is 4.74 Å². The quantitative estimate of drug-likeness (QED) is 0.387. The molecular weight excluding hydrogens is 542 g/mol. The van der Waals surface area contributed by atoms with Gasteiger partial charge in [-0.2, -0.15) is 0 Å². The van der Waals surface area contributed by atoms with Gasteiger partial charge in [0, 0.05) is 63.0 Å². The lowest BCUT2D eigenvalue weighted by Crippen LogP contribution is -2.81. The minimum atomic E-state index is -1.54. The van der Waals surface area contributed by atoms with Gasteiger partial charge in [0.25, 0.3) is 0 Å². The molecule has 5 saturated carbocycles. The lowest BCUT2D eigenvalue weighted by molar-refractivity contribution is -0.325. The first-order chi connectivity index (χ1) is 20.0. The van der Waals surface area contributed by atoms with Crippen molar-refractivity contribution in [3.63, 3.8) is 0 Å². The van der Waals surface area contributed by atoms with Crippen LogP contribution in [-0.4, -0.2) is 115 Å². The van der Waals surface area contributed by atoms with E-state index in [4.69, 9.17) is 23.7 Å². The molecule has 10 nitrogen and oxygen atoms in total. The number of hydrogen-bond donors (Lipinski definition) is 3. The highest BCUT2D eigenvalue weighted by atomic mass is 16.6. The van der Waals surface area contributed by atoms with E-state index in [0.717, 1.165) is 19.4 Å². The van der Waals surface area contributed by atoms with Crippen molar-refractivity contribution in [1.29, 1.82) is 0 Å². The second kappa shape index (κ2) is 9.36. The molecule has 7 rings (SSSR count). The zero-order valence-electron chi connectivity index (χ0n) is 25.2. The van der Waals surface area contributed by atoms with E-state index in [9.17, 15) is 20.1 Å². The van der Waals surface area contributed by atoms with E-state index in [1.54, 1.807) is 52.7 Å². The monoisotopic (exact) mass is 587 g/mol. The van der Waals surface area contributed by atoms with Crippen molar-refractivity contribution in [1.82, 2.24) is 4.90 Å². The smallest absolute Gasteiger partial charge is 0.338 e. The minimum Gasteiger partial charge on any atom is -0.497 e. The Morgan fingerprint density at radius 1 is 0.952 bits per heavy atom. The Bertz CT molecular complexity index is 1240. The molecule has 0 amide bonds. The van der Waals surface area contributed by atoms with Gasteiger partial charge in [-0.05, 0) is 62.4 Å². The second-order valence-corrected chi connectivity index (χ2v) is 13.9. The maximum absolute atomic E-state index is 13.6. The molecule has 0 unspecified atom stereocenters. The fourth-order valence-corrected chi connectivity index (χ4v) is 11.7. The fraction of sp³-hybridized carbons (Fsp3) is 0.781. The van der Waals surface area contributed by atoms with Gasteiger partial charge in [-0.25, -0.2) is 4.79 Å². The Balaban J connectivity index is 1.40. The summed E-state index contributed by atoms with van der Waals surface area (Å²) >= 11 is 0. The fourth-order valence-electron chi connectivity index (χ4n) is 11.7. The Labute approximate surface area is 247 Å². The number of benzene rings is 1. The van der Waals surface area contributed by atoms with E-state index in [0.29, 0.717) is 30.9 Å². The summed E-state index contributed by atoms with van der Waals surface area (Å²) in [7, 11) is 6.50. The van der Waals surface area contributed by atoms with Crippen LogP contribution in [0, 0.1) is 28.6 Å². The molecule has 6 aliphatic rings. The molecule has 12 atom stereocenters. The van der Waals surface area contributed by atoms with E-state index < -0.39 is 51.7 Å². The Kier molecular flexibility index (Phi) is 6.45. The molecule has 1 aromatic carbocycles. The highest BCUT2D eigenvalue weighted by Gasteiger charge is 2.90. The Morgan fingerprint density at radius 3 is 2.29 bits per heavy atom. The number of rotatable bonds is 8. The summed E-state index contributed by atoms with van der Waals surface area (Å²) in [6.45, 7) is 3.96. The molecule has 1 heterocycles. The van der Waals surface area contributed by atoms with Gasteiger partial charge in [0.05, 0.1) is 42.7 Å². The van der Waals surface area contributed by atoms with E-state index in [1.165, 1.54) is 0 Å². The van der Waals surface area contributed by atoms with Crippen LogP contribution in [0.15, 0.2) is 24.3 Å². The Morgan fingerprint density at radius 2 is 1.67 bits per heavy atom. The molecule has 5 aliphatic carbocycles. The number of aliphatic hydroxyl groups is 3. The van der Waals surface area contributed by atoms with Crippen LogP contribution in [0.2, 0.25) is 0 Å². The average molecular weight is 588 g/mol. The van der Waals surface area contributed by atoms with Crippen LogP contribution in [0.4, 0.5) is 0 Å². The number of esters is 1. The molecule has 1 saturated heterocycles. The summed E-state index contributed by atoms with van der Waals surface area (Å²) < 4.78 is 29.5. The number of nitrogens with zero attached hydrogens (tertiary/aromatic N) is 1. The third kappa shape index (κ3) is 3.12. The van der Waals surface area contributed by atoms with Crippen molar-refractivity contribution in [2.75, 3.05) is 48.1 Å². The predicted molar refractivity (Wildman–Crippen MR) is 150 cm³/mol. The third-order valence-corrected chi connectivity index (χ3v) is 13.0. The van der Waals surface area contributed by atoms with Crippen molar-refractivity contribution >= 4 is 5.97 Å². The number of carbonyl (C=O) groups is 1. The molecule has 1 aromatic rings. The second-order valence-electron chi connectivity index (χ2n) is 13.9. The molecule has 10 heteroatoms. The van der Waals surface area contributed by atoms with Crippen molar-refractivity contribution < 1.29 is 43.8 Å². The van der Waals surface area contributed by atoms with E-state index >= 15 is 0 Å². The summed E-state index contributed by atoms with van der Waals surface area (Å²) in [5, 5.41) is 38.7. The van der Waals surface area contributed by atoms with Gasteiger partial charge in [0.1, 0.15) is 17.5 Å². The SMILES string of the molecule is CCN1C[C@]2(COC)CC[C@H](OC)[C@@]34[C@@H]5C[C@@]6(O)[C@@H](OC)C[C@@](O)([C@H]5[C@H]6OC(=O)c5ccc(OC)cc5)[C@@H](C[C@]23O)[C@@H]14. The maximum Gasteiger partial charge on any atom is 0.338 e. The van der Waals surface area contributed by atoms with Gasteiger partial charge in [0.15, 0.2) is 0 Å². The van der Waals surface area contributed by atoms with Crippen LogP contribution in [0.1, 0.15) is 49.4 Å². The van der Waals surface area contributed by atoms with Crippen LogP contribution >= 0.6 is 0 Å². The van der Waals surface area contributed by atoms with Gasteiger partial charge in [0.2, 0.25) is 0 Å². The van der Waals surface area contributed by atoms with Crippen molar-refractivity contribution in [2.24, 2.45) is 28.6 Å². The first kappa shape index (κ1) is 29.0. The third-order valence-electron chi connectivity index (χ3n) is 13.0. The molecule has 3 N–H and O–H groups in total.